The molecule has 2 aromatic rings. The van der Waals surface area contributed by atoms with Crippen LogP contribution in [0.15, 0.2) is 50.4 Å². The molecule has 0 saturated carbocycles. The van der Waals surface area contributed by atoms with Crippen LogP contribution in [-0.2, 0) is 10.0 Å². The van der Waals surface area contributed by atoms with Crippen LogP contribution in [0, 0.1) is 0 Å². The summed E-state index contributed by atoms with van der Waals surface area (Å²) >= 11 is 6.44. The number of anilines is 2. The molecule has 0 unspecified atom stereocenters. The van der Waals surface area contributed by atoms with E-state index in [-0.39, 0.29) is 16.4 Å². The molecule has 1 aromatic heterocycles. The molecule has 8 heteroatoms. The van der Waals surface area contributed by atoms with Crippen molar-refractivity contribution in [3.8, 4) is 0 Å². The lowest BCUT2D eigenvalue weighted by Crippen LogP contribution is -2.15. The SMILES string of the molecule is Nc1ccc(Br)cc1S(=O)(=O)Nc1ccc(Br)cn1. The lowest BCUT2D eigenvalue weighted by molar-refractivity contribution is 0.601. The minimum absolute atomic E-state index is 0.00611. The summed E-state index contributed by atoms with van der Waals surface area (Å²) in [5.41, 5.74) is 5.86. The lowest BCUT2D eigenvalue weighted by atomic mass is 10.3. The maximum Gasteiger partial charge on any atom is 0.265 e. The van der Waals surface area contributed by atoms with Crippen molar-refractivity contribution < 1.29 is 8.42 Å². The molecule has 5 nitrogen and oxygen atoms in total. The number of benzene rings is 1. The van der Waals surface area contributed by atoms with Crippen molar-refractivity contribution in [1.82, 2.24) is 4.98 Å². The summed E-state index contributed by atoms with van der Waals surface area (Å²) in [6, 6.07) is 7.88. The van der Waals surface area contributed by atoms with E-state index in [1.54, 1.807) is 18.2 Å². The molecule has 0 amide bonds. The standard InChI is InChI=1S/C11H9Br2N3O2S/c12-7-1-3-9(14)10(5-7)19(17,18)16-11-4-2-8(13)6-15-11/h1-6H,14H2,(H,15,16). The molecule has 0 aliphatic carbocycles. The van der Waals surface area contributed by atoms with E-state index < -0.39 is 10.0 Å². The van der Waals surface area contributed by atoms with E-state index >= 15 is 0 Å². The molecule has 0 aliphatic rings. The zero-order valence-electron chi connectivity index (χ0n) is 9.47. The fourth-order valence-corrected chi connectivity index (χ4v) is 3.28. The van der Waals surface area contributed by atoms with Gasteiger partial charge in [0.1, 0.15) is 10.7 Å². The summed E-state index contributed by atoms with van der Waals surface area (Å²) in [6.07, 6.45) is 1.50. The summed E-state index contributed by atoms with van der Waals surface area (Å²) < 4.78 is 28.2. The highest BCUT2D eigenvalue weighted by Gasteiger charge is 2.18. The van der Waals surface area contributed by atoms with E-state index in [9.17, 15) is 8.42 Å². The maximum absolute atomic E-state index is 12.2. The molecule has 19 heavy (non-hydrogen) atoms. The van der Waals surface area contributed by atoms with Gasteiger partial charge < -0.3 is 5.73 Å². The third-order valence-corrected chi connectivity index (χ3v) is 4.60. The van der Waals surface area contributed by atoms with E-state index in [1.165, 1.54) is 18.3 Å². The molecule has 0 radical (unpaired) electrons. The van der Waals surface area contributed by atoms with Crippen molar-refractivity contribution in [2.24, 2.45) is 0 Å². The molecule has 0 spiro atoms. The third kappa shape index (κ3) is 3.46. The number of hydrogen-bond donors (Lipinski definition) is 2. The Labute approximate surface area is 127 Å². The van der Waals surface area contributed by atoms with Gasteiger partial charge in [-0.25, -0.2) is 13.4 Å². The molecular formula is C11H9Br2N3O2S. The lowest BCUT2D eigenvalue weighted by Gasteiger charge is -2.09. The number of rotatable bonds is 3. The first-order valence-corrected chi connectivity index (χ1v) is 8.15. The average Bonchev–Trinajstić information content (AvgIpc) is 2.35. The topological polar surface area (TPSA) is 85.1 Å². The van der Waals surface area contributed by atoms with Gasteiger partial charge in [-0.3, -0.25) is 4.72 Å². The number of halogens is 2. The highest BCUT2D eigenvalue weighted by atomic mass is 79.9. The highest BCUT2D eigenvalue weighted by molar-refractivity contribution is 9.10. The van der Waals surface area contributed by atoms with Crippen molar-refractivity contribution >= 4 is 53.4 Å². The summed E-state index contributed by atoms with van der Waals surface area (Å²) in [7, 11) is -3.76. The Kier molecular flexibility index (Phi) is 4.12. The second-order valence-electron chi connectivity index (χ2n) is 3.65. The smallest absolute Gasteiger partial charge is 0.265 e. The summed E-state index contributed by atoms with van der Waals surface area (Å²) in [4.78, 5) is 3.96. The fraction of sp³-hybridized carbons (Fsp3) is 0. The molecule has 1 heterocycles. The molecule has 0 atom stereocenters. The van der Waals surface area contributed by atoms with Gasteiger partial charge in [-0.05, 0) is 46.3 Å². The van der Waals surface area contributed by atoms with Crippen LogP contribution in [0.3, 0.4) is 0 Å². The fourth-order valence-electron chi connectivity index (χ4n) is 1.37. The van der Waals surface area contributed by atoms with E-state index in [0.29, 0.717) is 4.47 Å². The van der Waals surface area contributed by atoms with Gasteiger partial charge in [0.15, 0.2) is 0 Å². The Morgan fingerprint density at radius 2 is 1.79 bits per heavy atom. The van der Waals surface area contributed by atoms with Crippen LogP contribution in [0.2, 0.25) is 0 Å². The molecule has 3 N–H and O–H groups in total. The van der Waals surface area contributed by atoms with Crippen molar-refractivity contribution in [3.05, 3.63) is 45.5 Å². The number of nitrogens with zero attached hydrogens (tertiary/aromatic N) is 1. The Bertz CT molecular complexity index is 702. The zero-order chi connectivity index (χ0) is 14.0. The molecule has 1 aromatic carbocycles. The number of aromatic nitrogens is 1. The zero-order valence-corrected chi connectivity index (χ0v) is 13.5. The average molecular weight is 407 g/mol. The van der Waals surface area contributed by atoms with Gasteiger partial charge >= 0.3 is 0 Å². The van der Waals surface area contributed by atoms with E-state index in [4.69, 9.17) is 5.73 Å². The van der Waals surface area contributed by atoms with Gasteiger partial charge in [-0.2, -0.15) is 0 Å². The molecule has 2 rings (SSSR count). The maximum atomic E-state index is 12.2. The third-order valence-electron chi connectivity index (χ3n) is 2.23. The first kappa shape index (κ1) is 14.3. The second-order valence-corrected chi connectivity index (χ2v) is 7.13. The first-order chi connectivity index (χ1) is 8.88. The number of sulfonamides is 1. The van der Waals surface area contributed by atoms with Crippen LogP contribution in [0.4, 0.5) is 11.5 Å². The molecule has 0 bridgehead atoms. The number of nitrogens with one attached hydrogen (secondary N) is 1. The van der Waals surface area contributed by atoms with E-state index in [2.05, 4.69) is 41.6 Å². The quantitative estimate of drug-likeness (QED) is 0.767. The predicted molar refractivity (Wildman–Crippen MR) is 81.3 cm³/mol. The van der Waals surface area contributed by atoms with Crippen LogP contribution in [0.1, 0.15) is 0 Å². The normalized spacial score (nSPS) is 11.3. The van der Waals surface area contributed by atoms with Crippen LogP contribution >= 0.6 is 31.9 Å². The minimum Gasteiger partial charge on any atom is -0.398 e. The molecular weight excluding hydrogens is 398 g/mol. The van der Waals surface area contributed by atoms with Crippen LogP contribution < -0.4 is 10.5 Å². The summed E-state index contributed by atoms with van der Waals surface area (Å²) in [5, 5.41) is 0. The Balaban J connectivity index is 2.37. The van der Waals surface area contributed by atoms with Crippen LogP contribution in [-0.4, -0.2) is 13.4 Å². The number of nitrogens with two attached hydrogens (primary N) is 1. The largest absolute Gasteiger partial charge is 0.398 e. The number of pyridine rings is 1. The minimum atomic E-state index is -3.76. The van der Waals surface area contributed by atoms with Crippen molar-refractivity contribution in [2.75, 3.05) is 10.5 Å². The van der Waals surface area contributed by atoms with Gasteiger partial charge in [0, 0.05) is 15.1 Å². The summed E-state index contributed by atoms with van der Waals surface area (Å²) in [5.74, 6) is 0.225. The number of nitrogen functional groups attached to an aromatic ring is 1. The summed E-state index contributed by atoms with van der Waals surface area (Å²) in [6.45, 7) is 0. The molecule has 0 saturated heterocycles. The molecule has 0 fully saturated rings. The van der Waals surface area contributed by atoms with Crippen LogP contribution in [0.5, 0.6) is 0 Å². The van der Waals surface area contributed by atoms with Crippen LogP contribution in [0.25, 0.3) is 0 Å². The van der Waals surface area contributed by atoms with Gasteiger partial charge in [0.25, 0.3) is 10.0 Å². The number of hydrogen-bond acceptors (Lipinski definition) is 4. The highest BCUT2D eigenvalue weighted by Crippen LogP contribution is 2.24. The predicted octanol–water partition coefficient (Wildman–Crippen LogP) is 2.99. The van der Waals surface area contributed by atoms with Crippen molar-refractivity contribution in [2.45, 2.75) is 4.90 Å². The van der Waals surface area contributed by atoms with Gasteiger partial charge in [0.05, 0.1) is 5.69 Å². The van der Waals surface area contributed by atoms with Crippen molar-refractivity contribution in [3.63, 3.8) is 0 Å². The Morgan fingerprint density at radius 1 is 1.11 bits per heavy atom. The van der Waals surface area contributed by atoms with E-state index in [0.717, 1.165) is 4.47 Å². The second kappa shape index (κ2) is 5.48. The monoisotopic (exact) mass is 405 g/mol. The van der Waals surface area contributed by atoms with Gasteiger partial charge in [0.2, 0.25) is 0 Å². The molecule has 0 aliphatic heterocycles. The Morgan fingerprint density at radius 3 is 2.42 bits per heavy atom. The van der Waals surface area contributed by atoms with Gasteiger partial charge in [-0.1, -0.05) is 15.9 Å². The Hall–Kier alpha value is -1.12. The van der Waals surface area contributed by atoms with Gasteiger partial charge in [-0.15, -0.1) is 0 Å². The van der Waals surface area contributed by atoms with E-state index in [1.807, 2.05) is 0 Å². The van der Waals surface area contributed by atoms with Crippen molar-refractivity contribution in [1.29, 1.82) is 0 Å². The first-order valence-electron chi connectivity index (χ1n) is 5.08. The molecule has 100 valence electrons.